The molecule has 0 atom stereocenters. The minimum atomic E-state index is -0.426. The second kappa shape index (κ2) is 4.28. The van der Waals surface area contributed by atoms with E-state index in [0.717, 1.165) is 31.6 Å². The second-order valence-corrected chi connectivity index (χ2v) is 4.97. The lowest BCUT2D eigenvalue weighted by molar-refractivity contribution is -0.144. The zero-order valence-electron chi connectivity index (χ0n) is 10.5. The summed E-state index contributed by atoms with van der Waals surface area (Å²) >= 11 is 0. The summed E-state index contributed by atoms with van der Waals surface area (Å²) in [4.78, 5) is 11.6. The van der Waals surface area contributed by atoms with Gasteiger partial charge in [-0.25, -0.2) is 0 Å². The van der Waals surface area contributed by atoms with Crippen molar-refractivity contribution < 1.29 is 14.3 Å². The van der Waals surface area contributed by atoms with Crippen LogP contribution < -0.4 is 10.1 Å². The molecule has 1 aromatic carbocycles. The number of benzene rings is 1. The molecule has 0 aromatic heterocycles. The molecule has 4 heteroatoms. The van der Waals surface area contributed by atoms with Crippen LogP contribution in [0.15, 0.2) is 18.2 Å². The first-order valence-electron chi connectivity index (χ1n) is 6.32. The maximum atomic E-state index is 11.6. The number of ether oxygens (including phenoxy) is 2. The van der Waals surface area contributed by atoms with Gasteiger partial charge in [-0.1, -0.05) is 12.1 Å². The molecule has 1 aromatic rings. The third-order valence-corrected chi connectivity index (χ3v) is 3.71. The number of carbonyl (C=O) groups is 1. The van der Waals surface area contributed by atoms with E-state index >= 15 is 0 Å². The van der Waals surface area contributed by atoms with Crippen LogP contribution in [0.3, 0.4) is 0 Å². The molecule has 0 unspecified atom stereocenters. The fourth-order valence-corrected chi connectivity index (χ4v) is 2.39. The molecule has 0 spiro atoms. The minimum Gasteiger partial charge on any atom is -0.493 e. The highest BCUT2D eigenvalue weighted by molar-refractivity contribution is 5.84. The average Bonchev–Trinajstić information content (AvgIpc) is 3.05. The Morgan fingerprint density at radius 1 is 1.50 bits per heavy atom. The Morgan fingerprint density at radius 2 is 2.33 bits per heavy atom. The van der Waals surface area contributed by atoms with Crippen LogP contribution in [0.1, 0.15) is 24.0 Å². The molecule has 3 rings (SSSR count). The van der Waals surface area contributed by atoms with Crippen molar-refractivity contribution in [2.75, 3.05) is 13.7 Å². The van der Waals surface area contributed by atoms with Gasteiger partial charge in [0.1, 0.15) is 11.3 Å². The van der Waals surface area contributed by atoms with Gasteiger partial charge in [-0.3, -0.25) is 10.1 Å². The molecule has 0 bridgehead atoms. The van der Waals surface area contributed by atoms with E-state index in [1.807, 2.05) is 12.1 Å². The molecule has 1 saturated carbocycles. The Balaban J connectivity index is 1.65. The third-order valence-electron chi connectivity index (χ3n) is 3.71. The SMILES string of the molecule is COC(=O)C1(NCc2ccc3c(c2)CCO3)CC1. The Labute approximate surface area is 106 Å². The summed E-state index contributed by atoms with van der Waals surface area (Å²) in [5, 5.41) is 3.31. The number of fused-ring (bicyclic) bond motifs is 1. The Morgan fingerprint density at radius 3 is 3.06 bits per heavy atom. The minimum absolute atomic E-state index is 0.146. The van der Waals surface area contributed by atoms with Gasteiger partial charge in [0.2, 0.25) is 0 Å². The lowest BCUT2D eigenvalue weighted by atomic mass is 10.1. The number of nitrogens with one attached hydrogen (secondary N) is 1. The summed E-state index contributed by atoms with van der Waals surface area (Å²) in [5.74, 6) is 0.847. The highest BCUT2D eigenvalue weighted by Crippen LogP contribution is 2.37. The van der Waals surface area contributed by atoms with Crippen LogP contribution in [0.4, 0.5) is 0 Å². The first-order chi connectivity index (χ1) is 8.73. The molecule has 0 amide bonds. The van der Waals surface area contributed by atoms with Gasteiger partial charge in [-0.05, 0) is 30.0 Å². The van der Waals surface area contributed by atoms with Crippen molar-refractivity contribution in [2.45, 2.75) is 31.3 Å². The quantitative estimate of drug-likeness (QED) is 0.817. The van der Waals surface area contributed by atoms with E-state index in [4.69, 9.17) is 9.47 Å². The van der Waals surface area contributed by atoms with E-state index in [2.05, 4.69) is 11.4 Å². The van der Waals surface area contributed by atoms with Crippen molar-refractivity contribution in [1.82, 2.24) is 5.32 Å². The molecular formula is C14H17NO3. The van der Waals surface area contributed by atoms with Crippen LogP contribution in [-0.2, 0) is 22.5 Å². The van der Waals surface area contributed by atoms with Gasteiger partial charge in [-0.15, -0.1) is 0 Å². The van der Waals surface area contributed by atoms with Crippen molar-refractivity contribution in [3.05, 3.63) is 29.3 Å². The molecular weight excluding hydrogens is 230 g/mol. The zero-order valence-corrected chi connectivity index (χ0v) is 10.5. The van der Waals surface area contributed by atoms with Crippen molar-refractivity contribution in [1.29, 1.82) is 0 Å². The van der Waals surface area contributed by atoms with Crippen LogP contribution in [0, 0.1) is 0 Å². The normalized spacial score (nSPS) is 18.9. The van der Waals surface area contributed by atoms with Crippen LogP contribution >= 0.6 is 0 Å². The highest BCUT2D eigenvalue weighted by Gasteiger charge is 2.50. The highest BCUT2D eigenvalue weighted by atomic mass is 16.5. The number of methoxy groups -OCH3 is 1. The molecule has 18 heavy (non-hydrogen) atoms. The van der Waals surface area contributed by atoms with E-state index in [1.54, 1.807) is 0 Å². The molecule has 1 N–H and O–H groups in total. The van der Waals surface area contributed by atoms with Gasteiger partial charge in [0.25, 0.3) is 0 Å². The van der Waals surface area contributed by atoms with Crippen LogP contribution in [0.2, 0.25) is 0 Å². The second-order valence-electron chi connectivity index (χ2n) is 4.97. The van der Waals surface area contributed by atoms with Crippen LogP contribution in [0.5, 0.6) is 5.75 Å². The fourth-order valence-electron chi connectivity index (χ4n) is 2.39. The number of hydrogen-bond donors (Lipinski definition) is 1. The first kappa shape index (κ1) is 11.5. The zero-order chi connectivity index (χ0) is 12.6. The topological polar surface area (TPSA) is 47.6 Å². The van der Waals surface area contributed by atoms with Gasteiger partial charge in [0, 0.05) is 13.0 Å². The molecule has 0 saturated heterocycles. The van der Waals surface area contributed by atoms with Gasteiger partial charge < -0.3 is 9.47 Å². The van der Waals surface area contributed by atoms with Gasteiger partial charge in [-0.2, -0.15) is 0 Å². The van der Waals surface area contributed by atoms with E-state index in [0.29, 0.717) is 6.54 Å². The van der Waals surface area contributed by atoms with E-state index in [-0.39, 0.29) is 5.97 Å². The summed E-state index contributed by atoms with van der Waals surface area (Å²) in [6, 6.07) is 6.21. The Kier molecular flexibility index (Phi) is 2.74. The van der Waals surface area contributed by atoms with Crippen LogP contribution in [-0.4, -0.2) is 25.2 Å². The molecule has 1 heterocycles. The van der Waals surface area contributed by atoms with Gasteiger partial charge in [0.15, 0.2) is 0 Å². The molecule has 0 radical (unpaired) electrons. The number of rotatable bonds is 4. The summed E-state index contributed by atoms with van der Waals surface area (Å²) < 4.78 is 10.3. The maximum Gasteiger partial charge on any atom is 0.326 e. The van der Waals surface area contributed by atoms with Crippen molar-refractivity contribution in [3.8, 4) is 5.75 Å². The summed E-state index contributed by atoms with van der Waals surface area (Å²) in [6.07, 6.45) is 2.72. The largest absolute Gasteiger partial charge is 0.493 e. The number of hydrogen-bond acceptors (Lipinski definition) is 4. The van der Waals surface area contributed by atoms with Crippen LogP contribution in [0.25, 0.3) is 0 Å². The van der Waals surface area contributed by atoms with E-state index < -0.39 is 5.54 Å². The average molecular weight is 247 g/mol. The van der Waals surface area contributed by atoms with Crippen molar-refractivity contribution in [2.24, 2.45) is 0 Å². The lowest BCUT2D eigenvalue weighted by Gasteiger charge is -2.15. The molecule has 96 valence electrons. The van der Waals surface area contributed by atoms with E-state index in [1.165, 1.54) is 18.2 Å². The van der Waals surface area contributed by atoms with Crippen molar-refractivity contribution >= 4 is 5.97 Å². The smallest absolute Gasteiger partial charge is 0.326 e. The Hall–Kier alpha value is -1.55. The van der Waals surface area contributed by atoms with Crippen molar-refractivity contribution in [3.63, 3.8) is 0 Å². The van der Waals surface area contributed by atoms with E-state index in [9.17, 15) is 4.79 Å². The predicted octanol–water partition coefficient (Wildman–Crippen LogP) is 1.42. The molecule has 1 fully saturated rings. The van der Waals surface area contributed by atoms with Gasteiger partial charge >= 0.3 is 5.97 Å². The standard InChI is InChI=1S/C14H17NO3/c1-17-13(16)14(5-6-14)15-9-10-2-3-12-11(8-10)4-7-18-12/h2-3,8,15H,4-7,9H2,1H3. The summed E-state index contributed by atoms with van der Waals surface area (Å²) in [6.45, 7) is 1.47. The summed E-state index contributed by atoms with van der Waals surface area (Å²) in [5.41, 5.74) is 2.02. The number of carbonyl (C=O) groups excluding carboxylic acids is 1. The fraction of sp³-hybridized carbons (Fsp3) is 0.500. The molecule has 4 nitrogen and oxygen atoms in total. The first-order valence-corrected chi connectivity index (χ1v) is 6.32. The monoisotopic (exact) mass is 247 g/mol. The molecule has 1 aliphatic carbocycles. The van der Waals surface area contributed by atoms with Gasteiger partial charge in [0.05, 0.1) is 13.7 Å². The maximum absolute atomic E-state index is 11.6. The Bertz CT molecular complexity index is 480. The third kappa shape index (κ3) is 1.97. The number of esters is 1. The lowest BCUT2D eigenvalue weighted by Crippen LogP contribution is -2.39. The summed E-state index contributed by atoms with van der Waals surface area (Å²) in [7, 11) is 1.44. The molecule has 1 aliphatic heterocycles. The molecule has 2 aliphatic rings. The predicted molar refractivity (Wildman–Crippen MR) is 66.5 cm³/mol.